The first kappa shape index (κ1) is 16.8. The topological polar surface area (TPSA) is 0 Å². The van der Waals surface area contributed by atoms with E-state index in [1.54, 1.807) is 16.7 Å². The lowest BCUT2D eigenvalue weighted by Gasteiger charge is -2.47. The van der Waals surface area contributed by atoms with Gasteiger partial charge in [0, 0.05) is 0 Å². The van der Waals surface area contributed by atoms with Crippen molar-refractivity contribution in [2.75, 3.05) is 0 Å². The Bertz CT molecular complexity index is 386. The van der Waals surface area contributed by atoms with Gasteiger partial charge >= 0.3 is 0 Å². The molecule has 1 rings (SSSR count). The molecule has 0 aromatic heterocycles. The first-order chi connectivity index (χ1) is 8.59. The molecule has 1 aliphatic rings. The lowest BCUT2D eigenvalue weighted by atomic mass is 10.1. The molecule has 0 aromatic carbocycles. The Hall–Kier alpha value is -0.303. The molecule has 0 amide bonds. The first-order valence-electron chi connectivity index (χ1n) is 7.98. The lowest BCUT2D eigenvalue weighted by Crippen LogP contribution is -2.48. The normalized spacial score (nSPS) is 21.6. The van der Waals surface area contributed by atoms with Gasteiger partial charge < -0.3 is 0 Å². The summed E-state index contributed by atoms with van der Waals surface area (Å²) in [7, 11) is -1.47. The second-order valence-electron chi connectivity index (χ2n) is 7.47. The summed E-state index contributed by atoms with van der Waals surface area (Å²) in [6.07, 6.45) is 0. The van der Waals surface area contributed by atoms with Crippen LogP contribution in [0.2, 0.25) is 16.6 Å². The number of rotatable bonds is 4. The third kappa shape index (κ3) is 2.28. The third-order valence-electron chi connectivity index (χ3n) is 5.97. The maximum atomic E-state index is 2.47. The van der Waals surface area contributed by atoms with Gasteiger partial charge in [0.25, 0.3) is 0 Å². The molecule has 0 bridgehead atoms. The minimum Gasteiger partial charge on any atom is -0.0697 e. The molecule has 19 heavy (non-hydrogen) atoms. The average molecular weight is 279 g/mol. The van der Waals surface area contributed by atoms with Gasteiger partial charge in [-0.25, -0.2) is 0 Å². The molecular weight excluding hydrogens is 244 g/mol. The van der Waals surface area contributed by atoms with E-state index in [2.05, 4.69) is 69.2 Å². The van der Waals surface area contributed by atoms with Crippen LogP contribution in [0.25, 0.3) is 0 Å². The summed E-state index contributed by atoms with van der Waals surface area (Å²) in [6.45, 7) is 24.3. The smallest absolute Gasteiger partial charge is 0.0697 e. The van der Waals surface area contributed by atoms with Crippen LogP contribution in [-0.4, -0.2) is 8.07 Å². The molecule has 0 saturated carbocycles. The van der Waals surface area contributed by atoms with Crippen LogP contribution < -0.4 is 0 Å². The fourth-order valence-electron chi connectivity index (χ4n) is 5.00. The van der Waals surface area contributed by atoms with E-state index >= 15 is 0 Å². The maximum absolute atomic E-state index is 2.47. The molecule has 0 spiro atoms. The van der Waals surface area contributed by atoms with Crippen LogP contribution in [0.4, 0.5) is 0 Å². The van der Waals surface area contributed by atoms with Crippen molar-refractivity contribution >= 4 is 8.07 Å². The Balaban J connectivity index is 3.54. The van der Waals surface area contributed by atoms with Gasteiger partial charge in [-0.05, 0) is 48.9 Å². The van der Waals surface area contributed by atoms with E-state index in [9.17, 15) is 0 Å². The number of allylic oxidation sites excluding steroid dienone is 4. The summed E-state index contributed by atoms with van der Waals surface area (Å²) in [4.78, 5) is 0. The fraction of sp³-hybridized carbons (Fsp3) is 0.778. The highest BCUT2D eigenvalue weighted by Gasteiger charge is 2.49. The van der Waals surface area contributed by atoms with Gasteiger partial charge in [-0.2, -0.15) is 0 Å². The van der Waals surface area contributed by atoms with Gasteiger partial charge in [-0.15, -0.1) is 0 Å². The molecule has 0 heterocycles. The van der Waals surface area contributed by atoms with Crippen molar-refractivity contribution in [3.05, 3.63) is 21.9 Å². The molecule has 0 saturated heterocycles. The van der Waals surface area contributed by atoms with Crippen LogP contribution in [0.3, 0.4) is 0 Å². The van der Waals surface area contributed by atoms with Crippen molar-refractivity contribution < 1.29 is 0 Å². The Kier molecular flexibility index (Phi) is 4.93. The maximum Gasteiger partial charge on any atom is 0.0902 e. The summed E-state index contributed by atoms with van der Waals surface area (Å²) >= 11 is 0. The van der Waals surface area contributed by atoms with E-state index in [1.807, 2.05) is 5.20 Å². The molecule has 0 N–H and O–H groups in total. The van der Waals surface area contributed by atoms with Crippen LogP contribution in [0.5, 0.6) is 0 Å². The molecule has 0 fully saturated rings. The van der Waals surface area contributed by atoms with Gasteiger partial charge in [-0.1, -0.05) is 64.8 Å². The molecule has 110 valence electrons. The molecule has 1 aliphatic carbocycles. The van der Waals surface area contributed by atoms with Crippen molar-refractivity contribution in [2.24, 2.45) is 5.92 Å². The van der Waals surface area contributed by atoms with Gasteiger partial charge in [0.05, 0.1) is 8.07 Å². The van der Waals surface area contributed by atoms with Crippen LogP contribution in [0.1, 0.15) is 69.2 Å². The van der Waals surface area contributed by atoms with E-state index in [0.29, 0.717) is 5.92 Å². The van der Waals surface area contributed by atoms with Gasteiger partial charge in [0.2, 0.25) is 0 Å². The Morgan fingerprint density at radius 2 is 1.11 bits per heavy atom. The van der Waals surface area contributed by atoms with Crippen LogP contribution in [-0.2, 0) is 0 Å². The Morgan fingerprint density at radius 1 is 0.737 bits per heavy atom. The third-order valence-corrected chi connectivity index (χ3v) is 13.4. The predicted molar refractivity (Wildman–Crippen MR) is 91.3 cm³/mol. The minimum atomic E-state index is -1.47. The second kappa shape index (κ2) is 5.59. The monoisotopic (exact) mass is 278 g/mol. The molecule has 1 heteroatoms. The quantitative estimate of drug-likeness (QED) is 0.514. The van der Waals surface area contributed by atoms with E-state index in [4.69, 9.17) is 0 Å². The molecule has 1 unspecified atom stereocenters. The molecule has 0 aromatic rings. The standard InChI is InChI=1S/C18H34Si/c1-11(2)19(12(3)4,13(5)6)18-16(9)14(7)15(8)17(18)10/h11-13,16H,1-10H3. The van der Waals surface area contributed by atoms with Gasteiger partial charge in [-0.3, -0.25) is 0 Å². The predicted octanol–water partition coefficient (Wildman–Crippen LogP) is 6.51. The Morgan fingerprint density at radius 3 is 1.32 bits per heavy atom. The van der Waals surface area contributed by atoms with E-state index in [0.717, 1.165) is 16.6 Å². The SMILES string of the molecule is CC1=C(C)C(C)C([Si](C(C)C)(C(C)C)C(C)C)=C1C. The Labute approximate surface area is 122 Å². The zero-order valence-electron chi connectivity index (χ0n) is 14.8. The largest absolute Gasteiger partial charge is 0.0902 e. The number of hydrogen-bond acceptors (Lipinski definition) is 0. The van der Waals surface area contributed by atoms with E-state index < -0.39 is 8.07 Å². The lowest BCUT2D eigenvalue weighted by molar-refractivity contribution is 0.768. The molecule has 0 radical (unpaired) electrons. The second-order valence-corrected chi connectivity index (χ2v) is 13.3. The molecule has 1 atom stereocenters. The van der Waals surface area contributed by atoms with Crippen LogP contribution >= 0.6 is 0 Å². The molecule has 0 aliphatic heterocycles. The van der Waals surface area contributed by atoms with Crippen molar-refractivity contribution in [3.63, 3.8) is 0 Å². The fourth-order valence-corrected chi connectivity index (χ4v) is 12.7. The zero-order valence-corrected chi connectivity index (χ0v) is 15.8. The zero-order chi connectivity index (χ0) is 15.1. The summed E-state index contributed by atoms with van der Waals surface area (Å²) in [5.74, 6) is 0.680. The summed E-state index contributed by atoms with van der Waals surface area (Å²) in [6, 6.07) is 0. The highest BCUT2D eigenvalue weighted by Crippen LogP contribution is 2.53. The van der Waals surface area contributed by atoms with E-state index in [1.165, 1.54) is 0 Å². The van der Waals surface area contributed by atoms with Crippen molar-refractivity contribution in [1.82, 2.24) is 0 Å². The highest BCUT2D eigenvalue weighted by atomic mass is 28.3. The molecule has 0 nitrogen and oxygen atoms in total. The van der Waals surface area contributed by atoms with Crippen LogP contribution in [0.15, 0.2) is 21.9 Å². The minimum absolute atomic E-state index is 0.680. The number of hydrogen-bond donors (Lipinski definition) is 0. The van der Waals surface area contributed by atoms with Crippen molar-refractivity contribution in [1.29, 1.82) is 0 Å². The first-order valence-corrected chi connectivity index (χ1v) is 10.2. The average Bonchev–Trinajstić information content (AvgIpc) is 2.46. The summed E-state index contributed by atoms with van der Waals surface area (Å²) in [5, 5.41) is 1.86. The van der Waals surface area contributed by atoms with Crippen molar-refractivity contribution in [2.45, 2.75) is 85.9 Å². The molecular formula is C18H34Si. The van der Waals surface area contributed by atoms with Gasteiger partial charge in [0.1, 0.15) is 0 Å². The van der Waals surface area contributed by atoms with Gasteiger partial charge in [0.15, 0.2) is 0 Å². The van der Waals surface area contributed by atoms with Crippen LogP contribution in [0, 0.1) is 5.92 Å². The summed E-state index contributed by atoms with van der Waals surface area (Å²) < 4.78 is 0. The highest BCUT2D eigenvalue weighted by molar-refractivity contribution is 6.90. The summed E-state index contributed by atoms with van der Waals surface area (Å²) in [5.41, 5.74) is 7.27. The van der Waals surface area contributed by atoms with E-state index in [-0.39, 0.29) is 0 Å². The van der Waals surface area contributed by atoms with Crippen molar-refractivity contribution in [3.8, 4) is 0 Å².